The lowest BCUT2D eigenvalue weighted by Gasteiger charge is -2.34. The van der Waals surface area contributed by atoms with Gasteiger partial charge in [-0.3, -0.25) is 0 Å². The van der Waals surface area contributed by atoms with Crippen molar-refractivity contribution in [2.24, 2.45) is 11.8 Å². The first kappa shape index (κ1) is 13.0. The predicted octanol–water partition coefficient (Wildman–Crippen LogP) is 3.98. The molecule has 1 saturated carbocycles. The lowest BCUT2D eigenvalue weighted by Crippen LogP contribution is -2.38. The van der Waals surface area contributed by atoms with Crippen LogP contribution in [0.5, 0.6) is 0 Å². The van der Waals surface area contributed by atoms with E-state index in [0.717, 1.165) is 17.9 Å². The average molecular weight is 211 g/mol. The van der Waals surface area contributed by atoms with E-state index in [-0.39, 0.29) is 0 Å². The molecule has 1 fully saturated rings. The fourth-order valence-electron chi connectivity index (χ4n) is 2.99. The molecule has 1 aliphatic rings. The van der Waals surface area contributed by atoms with Crippen LogP contribution in [0, 0.1) is 11.8 Å². The van der Waals surface area contributed by atoms with Gasteiger partial charge in [0.25, 0.3) is 0 Å². The normalized spacial score (nSPS) is 29.0. The van der Waals surface area contributed by atoms with Crippen LogP contribution in [0.2, 0.25) is 0 Å². The van der Waals surface area contributed by atoms with E-state index in [1.807, 2.05) is 0 Å². The molecule has 15 heavy (non-hydrogen) atoms. The van der Waals surface area contributed by atoms with E-state index in [1.165, 1.54) is 51.5 Å². The molecule has 1 heteroatoms. The topological polar surface area (TPSA) is 12.0 Å². The molecule has 1 aliphatic carbocycles. The van der Waals surface area contributed by atoms with Crippen LogP contribution in [0.25, 0.3) is 0 Å². The lowest BCUT2D eigenvalue weighted by atomic mass is 9.77. The van der Waals surface area contributed by atoms with Crippen LogP contribution in [0.15, 0.2) is 0 Å². The second-order valence-electron chi connectivity index (χ2n) is 5.38. The molecule has 90 valence electrons. The lowest BCUT2D eigenvalue weighted by molar-refractivity contribution is 0.214. The summed E-state index contributed by atoms with van der Waals surface area (Å²) in [5.41, 5.74) is 0. The van der Waals surface area contributed by atoms with E-state index in [2.05, 4.69) is 26.1 Å². The fraction of sp³-hybridized carbons (Fsp3) is 1.00. The number of nitrogens with one attached hydrogen (secondary N) is 1. The van der Waals surface area contributed by atoms with Gasteiger partial charge < -0.3 is 5.32 Å². The summed E-state index contributed by atoms with van der Waals surface area (Å²) < 4.78 is 0. The minimum Gasteiger partial charge on any atom is -0.314 e. The Kier molecular flexibility index (Phi) is 6.31. The van der Waals surface area contributed by atoms with Crippen molar-refractivity contribution >= 4 is 0 Å². The van der Waals surface area contributed by atoms with E-state index in [1.54, 1.807) is 0 Å². The van der Waals surface area contributed by atoms with E-state index in [9.17, 15) is 0 Å². The molecule has 3 unspecified atom stereocenters. The van der Waals surface area contributed by atoms with Gasteiger partial charge in [-0.1, -0.05) is 40.0 Å². The highest BCUT2D eigenvalue weighted by Crippen LogP contribution is 2.32. The summed E-state index contributed by atoms with van der Waals surface area (Å²) in [6, 6.07) is 0.803. The Labute approximate surface area is 96.0 Å². The van der Waals surface area contributed by atoms with Gasteiger partial charge in [0.05, 0.1) is 0 Å². The highest BCUT2D eigenvalue weighted by Gasteiger charge is 2.25. The van der Waals surface area contributed by atoms with Gasteiger partial charge in [0.15, 0.2) is 0 Å². The average Bonchev–Trinajstić information content (AvgIpc) is 2.24. The number of hydrogen-bond donors (Lipinski definition) is 1. The molecular weight excluding hydrogens is 182 g/mol. The van der Waals surface area contributed by atoms with Crippen LogP contribution < -0.4 is 5.32 Å². The molecular formula is C14H29N. The third-order valence-electron chi connectivity index (χ3n) is 3.80. The van der Waals surface area contributed by atoms with Crippen molar-refractivity contribution in [1.82, 2.24) is 5.32 Å². The van der Waals surface area contributed by atoms with Gasteiger partial charge in [-0.05, 0) is 44.1 Å². The monoisotopic (exact) mass is 211 g/mol. The Morgan fingerprint density at radius 1 is 1.20 bits per heavy atom. The molecule has 0 saturated heterocycles. The summed E-state index contributed by atoms with van der Waals surface area (Å²) in [7, 11) is 0. The van der Waals surface area contributed by atoms with Gasteiger partial charge in [0.2, 0.25) is 0 Å². The summed E-state index contributed by atoms with van der Waals surface area (Å²) in [6.45, 7) is 8.21. The number of rotatable bonds is 6. The molecule has 0 bridgehead atoms. The van der Waals surface area contributed by atoms with Crippen molar-refractivity contribution in [1.29, 1.82) is 0 Å². The summed E-state index contributed by atoms with van der Waals surface area (Å²) >= 11 is 0. The van der Waals surface area contributed by atoms with Crippen molar-refractivity contribution in [3.63, 3.8) is 0 Å². The molecule has 3 atom stereocenters. The summed E-state index contributed by atoms with van der Waals surface area (Å²) in [5, 5.41) is 3.76. The molecule has 0 radical (unpaired) electrons. The van der Waals surface area contributed by atoms with E-state index >= 15 is 0 Å². The molecule has 0 aromatic carbocycles. The largest absolute Gasteiger partial charge is 0.314 e. The predicted molar refractivity (Wildman–Crippen MR) is 68.1 cm³/mol. The summed E-state index contributed by atoms with van der Waals surface area (Å²) in [5.74, 6) is 1.92. The van der Waals surface area contributed by atoms with Gasteiger partial charge in [-0.25, -0.2) is 0 Å². The minimum absolute atomic E-state index is 0.803. The third-order valence-corrected chi connectivity index (χ3v) is 3.80. The first-order chi connectivity index (χ1) is 7.27. The van der Waals surface area contributed by atoms with Crippen molar-refractivity contribution in [2.75, 3.05) is 6.54 Å². The maximum Gasteiger partial charge on any atom is 0.00953 e. The first-order valence-electron chi connectivity index (χ1n) is 7.01. The maximum atomic E-state index is 3.76. The van der Waals surface area contributed by atoms with Gasteiger partial charge in [0, 0.05) is 6.04 Å². The van der Waals surface area contributed by atoms with Crippen LogP contribution in [-0.2, 0) is 0 Å². The zero-order valence-electron chi connectivity index (χ0n) is 10.9. The highest BCUT2D eigenvalue weighted by molar-refractivity contribution is 4.81. The van der Waals surface area contributed by atoms with Crippen LogP contribution >= 0.6 is 0 Å². The van der Waals surface area contributed by atoms with Crippen molar-refractivity contribution in [2.45, 2.75) is 71.8 Å². The zero-order chi connectivity index (χ0) is 11.1. The molecule has 1 rings (SSSR count). The Morgan fingerprint density at radius 3 is 2.60 bits per heavy atom. The van der Waals surface area contributed by atoms with Crippen LogP contribution in [0.1, 0.15) is 65.7 Å². The van der Waals surface area contributed by atoms with E-state index in [4.69, 9.17) is 0 Å². The summed E-state index contributed by atoms with van der Waals surface area (Å²) in [6.07, 6.45) is 9.81. The first-order valence-corrected chi connectivity index (χ1v) is 7.01. The Hall–Kier alpha value is -0.0400. The quantitative estimate of drug-likeness (QED) is 0.700. The van der Waals surface area contributed by atoms with Crippen molar-refractivity contribution < 1.29 is 0 Å². The van der Waals surface area contributed by atoms with Crippen molar-refractivity contribution in [3.05, 3.63) is 0 Å². The molecule has 0 aliphatic heterocycles. The van der Waals surface area contributed by atoms with Gasteiger partial charge in [-0.15, -0.1) is 0 Å². The SMILES string of the molecule is CCCNC(CCC)C1CCCC(C)C1. The number of hydrogen-bond acceptors (Lipinski definition) is 1. The fourth-order valence-corrected chi connectivity index (χ4v) is 2.99. The molecule has 0 amide bonds. The van der Waals surface area contributed by atoms with Gasteiger partial charge >= 0.3 is 0 Å². The summed E-state index contributed by atoms with van der Waals surface area (Å²) in [4.78, 5) is 0. The highest BCUT2D eigenvalue weighted by atomic mass is 14.9. The third kappa shape index (κ3) is 4.55. The second kappa shape index (κ2) is 7.27. The standard InChI is InChI=1S/C14H29N/c1-4-7-14(15-10-5-2)13-9-6-8-12(3)11-13/h12-15H,4-11H2,1-3H3. The Bertz CT molecular complexity index is 155. The Morgan fingerprint density at radius 2 is 2.00 bits per heavy atom. The molecule has 0 aromatic rings. The minimum atomic E-state index is 0.803. The van der Waals surface area contributed by atoms with E-state index in [0.29, 0.717) is 0 Å². The van der Waals surface area contributed by atoms with Gasteiger partial charge in [0.1, 0.15) is 0 Å². The van der Waals surface area contributed by atoms with Crippen LogP contribution in [0.3, 0.4) is 0 Å². The Balaban J connectivity index is 2.38. The molecule has 0 heterocycles. The molecule has 1 N–H and O–H groups in total. The zero-order valence-corrected chi connectivity index (χ0v) is 10.9. The maximum absolute atomic E-state index is 3.76. The van der Waals surface area contributed by atoms with Crippen LogP contribution in [-0.4, -0.2) is 12.6 Å². The smallest absolute Gasteiger partial charge is 0.00953 e. The van der Waals surface area contributed by atoms with Crippen molar-refractivity contribution in [3.8, 4) is 0 Å². The van der Waals surface area contributed by atoms with Crippen LogP contribution in [0.4, 0.5) is 0 Å². The molecule has 1 nitrogen and oxygen atoms in total. The molecule has 0 spiro atoms. The molecule has 0 aromatic heterocycles. The van der Waals surface area contributed by atoms with E-state index < -0.39 is 0 Å². The second-order valence-corrected chi connectivity index (χ2v) is 5.38. The van der Waals surface area contributed by atoms with Gasteiger partial charge in [-0.2, -0.15) is 0 Å².